The van der Waals surface area contributed by atoms with Gasteiger partial charge in [0.15, 0.2) is 0 Å². The van der Waals surface area contributed by atoms with E-state index in [1.54, 1.807) is 14.7 Å². The summed E-state index contributed by atoms with van der Waals surface area (Å²) in [6.45, 7) is 6.76. The van der Waals surface area contributed by atoms with Crippen LogP contribution < -0.4 is 10.6 Å². The van der Waals surface area contributed by atoms with Crippen LogP contribution in [0.15, 0.2) is 0 Å². The Bertz CT molecular complexity index is 761. The number of hydrogen-bond donors (Lipinski definition) is 5. The number of nitrogens with one attached hydrogen (secondary N) is 2. The SMILES string of the molecule is CNCCCOCCOCCOCCCNC(=O)CN1CCN(CC(=O)O)CCN(CC(=O)O)CCN(CC(=O)O)CC1. The zero-order valence-corrected chi connectivity index (χ0v) is 25.5. The number of carboxylic acid groups (broad SMARTS) is 3. The summed E-state index contributed by atoms with van der Waals surface area (Å²) in [5.41, 5.74) is 0. The zero-order chi connectivity index (χ0) is 31.7. The fraction of sp³-hybridized carbons (Fsp3) is 0.852. The Kier molecular flexibility index (Phi) is 22.4. The average Bonchev–Trinajstić information content (AvgIpc) is 2.93. The summed E-state index contributed by atoms with van der Waals surface area (Å²) in [4.78, 5) is 53.8. The standard InChI is InChI=1S/C27H52N6O10/c1-28-4-2-14-41-16-18-43-19-17-42-15-3-5-29-24(34)20-30-6-8-31(21-25(35)36)10-12-33(23-27(39)40)13-11-32(9-7-30)22-26(37)38/h28H,2-23H2,1H3,(H,29,34)(H,35,36)(H,37,38)(H,39,40). The smallest absolute Gasteiger partial charge is 0.317 e. The number of aliphatic carboxylic acids is 3. The maximum Gasteiger partial charge on any atom is 0.317 e. The summed E-state index contributed by atoms with van der Waals surface area (Å²) in [5.74, 6) is -3.18. The highest BCUT2D eigenvalue weighted by Gasteiger charge is 2.21. The first-order chi connectivity index (χ1) is 20.7. The van der Waals surface area contributed by atoms with E-state index < -0.39 is 17.9 Å². The fourth-order valence-corrected chi connectivity index (χ4v) is 4.34. The molecule has 1 saturated heterocycles. The van der Waals surface area contributed by atoms with E-state index in [1.165, 1.54) is 0 Å². The third kappa shape index (κ3) is 22.7. The van der Waals surface area contributed by atoms with Crippen LogP contribution in [0.1, 0.15) is 12.8 Å². The Morgan fingerprint density at radius 2 is 0.860 bits per heavy atom. The minimum atomic E-state index is -1.01. The molecule has 0 aromatic rings. The lowest BCUT2D eigenvalue weighted by atomic mass is 10.3. The van der Waals surface area contributed by atoms with Crippen molar-refractivity contribution in [3.63, 3.8) is 0 Å². The van der Waals surface area contributed by atoms with Crippen LogP contribution in [0.5, 0.6) is 0 Å². The Balaban J connectivity index is 2.45. The normalized spacial score (nSPS) is 16.8. The molecule has 0 atom stereocenters. The van der Waals surface area contributed by atoms with Crippen LogP contribution in [-0.2, 0) is 33.4 Å². The van der Waals surface area contributed by atoms with Gasteiger partial charge in [0.25, 0.3) is 0 Å². The van der Waals surface area contributed by atoms with Gasteiger partial charge in [-0.3, -0.25) is 38.8 Å². The molecule has 5 N–H and O–H groups in total. The number of carbonyl (C=O) groups is 4. The number of amides is 1. The van der Waals surface area contributed by atoms with Gasteiger partial charge in [-0.2, -0.15) is 0 Å². The molecule has 0 unspecified atom stereocenters. The molecule has 0 spiro atoms. The predicted molar refractivity (Wildman–Crippen MR) is 157 cm³/mol. The van der Waals surface area contributed by atoms with Crippen molar-refractivity contribution in [1.82, 2.24) is 30.2 Å². The van der Waals surface area contributed by atoms with Crippen LogP contribution in [0, 0.1) is 0 Å². The molecular weight excluding hydrogens is 568 g/mol. The molecule has 1 rings (SSSR count). The second kappa shape index (κ2) is 24.9. The third-order valence-corrected chi connectivity index (χ3v) is 6.62. The maximum atomic E-state index is 12.7. The second-order valence-corrected chi connectivity index (χ2v) is 10.3. The molecule has 0 radical (unpaired) electrons. The summed E-state index contributed by atoms with van der Waals surface area (Å²) in [7, 11) is 1.90. The molecular formula is C27H52N6O10. The lowest BCUT2D eigenvalue weighted by Gasteiger charge is -2.32. The molecule has 1 fully saturated rings. The van der Waals surface area contributed by atoms with Gasteiger partial charge in [0, 0.05) is 72.1 Å². The van der Waals surface area contributed by atoms with Gasteiger partial charge in [0.1, 0.15) is 0 Å². The van der Waals surface area contributed by atoms with Gasteiger partial charge in [0.05, 0.1) is 52.6 Å². The van der Waals surface area contributed by atoms with E-state index in [-0.39, 0.29) is 32.1 Å². The van der Waals surface area contributed by atoms with Crippen LogP contribution in [0.4, 0.5) is 0 Å². The molecule has 1 amide bonds. The number of ether oxygens (including phenoxy) is 3. The van der Waals surface area contributed by atoms with Crippen molar-refractivity contribution in [3.8, 4) is 0 Å². The summed E-state index contributed by atoms with van der Waals surface area (Å²) >= 11 is 0. The molecule has 0 bridgehead atoms. The molecule has 1 aliphatic rings. The largest absolute Gasteiger partial charge is 0.480 e. The molecule has 1 aliphatic heterocycles. The lowest BCUT2D eigenvalue weighted by Crippen LogP contribution is -2.49. The van der Waals surface area contributed by atoms with Gasteiger partial charge in [-0.1, -0.05) is 0 Å². The quantitative estimate of drug-likeness (QED) is 0.0806. The van der Waals surface area contributed by atoms with Crippen molar-refractivity contribution in [2.75, 3.05) is 138 Å². The van der Waals surface area contributed by atoms with Crippen molar-refractivity contribution in [2.24, 2.45) is 0 Å². The summed E-state index contributed by atoms with van der Waals surface area (Å²) in [5, 5.41) is 33.9. The zero-order valence-electron chi connectivity index (χ0n) is 25.5. The summed E-state index contributed by atoms with van der Waals surface area (Å²) in [6, 6.07) is 0. The highest BCUT2D eigenvalue weighted by Crippen LogP contribution is 2.01. The predicted octanol–water partition coefficient (Wildman–Crippen LogP) is -2.37. The molecule has 1 heterocycles. The van der Waals surface area contributed by atoms with E-state index in [0.29, 0.717) is 105 Å². The molecule has 16 heteroatoms. The first-order valence-electron chi connectivity index (χ1n) is 14.9. The molecule has 0 aliphatic carbocycles. The fourth-order valence-electron chi connectivity index (χ4n) is 4.34. The first-order valence-corrected chi connectivity index (χ1v) is 14.9. The van der Waals surface area contributed by atoms with Crippen LogP contribution in [0.2, 0.25) is 0 Å². The third-order valence-electron chi connectivity index (χ3n) is 6.62. The van der Waals surface area contributed by atoms with Gasteiger partial charge in [-0.05, 0) is 26.4 Å². The van der Waals surface area contributed by atoms with Crippen LogP contribution in [0.25, 0.3) is 0 Å². The van der Waals surface area contributed by atoms with Crippen molar-refractivity contribution in [3.05, 3.63) is 0 Å². The van der Waals surface area contributed by atoms with E-state index in [1.807, 2.05) is 11.9 Å². The molecule has 0 aromatic carbocycles. The molecule has 0 saturated carbocycles. The van der Waals surface area contributed by atoms with E-state index in [0.717, 1.165) is 13.0 Å². The number of carboxylic acids is 3. The van der Waals surface area contributed by atoms with Gasteiger partial charge in [0.2, 0.25) is 5.91 Å². The summed E-state index contributed by atoms with van der Waals surface area (Å²) < 4.78 is 16.4. The van der Waals surface area contributed by atoms with E-state index in [2.05, 4.69) is 10.6 Å². The van der Waals surface area contributed by atoms with Gasteiger partial charge in [-0.15, -0.1) is 0 Å². The average molecular weight is 621 g/mol. The number of nitrogens with zero attached hydrogens (tertiary/aromatic N) is 4. The molecule has 250 valence electrons. The Hall–Kier alpha value is -2.44. The van der Waals surface area contributed by atoms with Crippen molar-refractivity contribution >= 4 is 23.8 Å². The van der Waals surface area contributed by atoms with Gasteiger partial charge in [-0.25, -0.2) is 0 Å². The highest BCUT2D eigenvalue weighted by atomic mass is 16.5. The van der Waals surface area contributed by atoms with E-state index >= 15 is 0 Å². The maximum absolute atomic E-state index is 12.7. The van der Waals surface area contributed by atoms with Crippen LogP contribution in [-0.4, -0.2) is 197 Å². The molecule has 43 heavy (non-hydrogen) atoms. The van der Waals surface area contributed by atoms with Crippen molar-refractivity contribution in [2.45, 2.75) is 12.8 Å². The minimum Gasteiger partial charge on any atom is -0.480 e. The second-order valence-electron chi connectivity index (χ2n) is 10.3. The lowest BCUT2D eigenvalue weighted by molar-refractivity contribution is -0.140. The van der Waals surface area contributed by atoms with Gasteiger partial charge >= 0.3 is 17.9 Å². The summed E-state index contributed by atoms with van der Waals surface area (Å²) in [6.07, 6.45) is 1.59. The highest BCUT2D eigenvalue weighted by molar-refractivity contribution is 5.78. The topological polar surface area (TPSA) is 194 Å². The van der Waals surface area contributed by atoms with E-state index in [4.69, 9.17) is 14.2 Å². The van der Waals surface area contributed by atoms with Gasteiger partial charge < -0.3 is 40.2 Å². The van der Waals surface area contributed by atoms with Crippen molar-refractivity contribution in [1.29, 1.82) is 0 Å². The van der Waals surface area contributed by atoms with Crippen molar-refractivity contribution < 1.29 is 48.7 Å². The monoisotopic (exact) mass is 620 g/mol. The first kappa shape index (κ1) is 38.6. The Morgan fingerprint density at radius 1 is 0.535 bits per heavy atom. The number of rotatable bonds is 22. The Labute approximate surface area is 254 Å². The van der Waals surface area contributed by atoms with E-state index in [9.17, 15) is 34.5 Å². The molecule has 0 aromatic heterocycles. The van der Waals surface area contributed by atoms with Crippen LogP contribution in [0.3, 0.4) is 0 Å². The number of carbonyl (C=O) groups excluding carboxylic acids is 1. The Morgan fingerprint density at radius 3 is 1.21 bits per heavy atom. The minimum absolute atomic E-state index is 0.0820. The number of hydrogen-bond acceptors (Lipinski definition) is 12. The van der Waals surface area contributed by atoms with Crippen LogP contribution >= 0.6 is 0 Å². The molecule has 16 nitrogen and oxygen atoms in total.